The third-order valence-electron chi connectivity index (χ3n) is 4.17. The maximum Gasteiger partial charge on any atom is 0.227 e. The molecule has 4 heteroatoms. The van der Waals surface area contributed by atoms with Crippen molar-refractivity contribution in [2.75, 3.05) is 24.5 Å². The molecule has 19 heavy (non-hydrogen) atoms. The van der Waals surface area contributed by atoms with E-state index in [9.17, 15) is 4.79 Å². The topological polar surface area (TPSA) is 32.3 Å². The summed E-state index contributed by atoms with van der Waals surface area (Å²) in [6.07, 6.45) is 3.80. The molecule has 0 saturated carbocycles. The Balaban J connectivity index is 1.64. The molecule has 3 nitrogen and oxygen atoms in total. The van der Waals surface area contributed by atoms with Crippen molar-refractivity contribution in [3.05, 3.63) is 28.8 Å². The van der Waals surface area contributed by atoms with Crippen molar-refractivity contribution < 1.29 is 4.79 Å². The number of fused-ring (bicyclic) bond motifs is 1. The van der Waals surface area contributed by atoms with Crippen molar-refractivity contribution in [3.63, 3.8) is 0 Å². The van der Waals surface area contributed by atoms with Gasteiger partial charge in [-0.1, -0.05) is 17.7 Å². The Morgan fingerprint density at radius 1 is 1.47 bits per heavy atom. The number of hydrogen-bond donors (Lipinski definition) is 1. The van der Waals surface area contributed by atoms with Crippen LogP contribution in [0.4, 0.5) is 5.69 Å². The van der Waals surface area contributed by atoms with Gasteiger partial charge in [0.2, 0.25) is 5.91 Å². The highest BCUT2D eigenvalue weighted by molar-refractivity contribution is 6.31. The van der Waals surface area contributed by atoms with Gasteiger partial charge in [0.15, 0.2) is 0 Å². The van der Waals surface area contributed by atoms with Crippen molar-refractivity contribution in [1.29, 1.82) is 0 Å². The fourth-order valence-electron chi connectivity index (χ4n) is 3.03. The minimum Gasteiger partial charge on any atom is -0.316 e. The molecular weight excluding hydrogens is 260 g/mol. The number of hydrogen-bond acceptors (Lipinski definition) is 2. The van der Waals surface area contributed by atoms with Gasteiger partial charge in [-0.05, 0) is 56.0 Å². The number of nitrogens with zero attached hydrogens (tertiary/aromatic N) is 1. The lowest BCUT2D eigenvalue weighted by Crippen LogP contribution is -2.29. The van der Waals surface area contributed by atoms with Crippen LogP contribution in [0.15, 0.2) is 18.2 Å². The summed E-state index contributed by atoms with van der Waals surface area (Å²) in [6.45, 7) is 2.97. The van der Waals surface area contributed by atoms with Crippen LogP contribution in [0, 0.1) is 5.92 Å². The predicted octanol–water partition coefficient (Wildman–Crippen LogP) is 2.62. The summed E-state index contributed by atoms with van der Waals surface area (Å²) in [5.41, 5.74) is 2.25. The van der Waals surface area contributed by atoms with Gasteiger partial charge in [-0.2, -0.15) is 0 Å². The van der Waals surface area contributed by atoms with Gasteiger partial charge in [-0.25, -0.2) is 0 Å². The number of nitrogens with one attached hydrogen (secondary N) is 1. The number of halogens is 1. The molecule has 2 heterocycles. The maximum absolute atomic E-state index is 12.3. The summed E-state index contributed by atoms with van der Waals surface area (Å²) in [4.78, 5) is 14.2. The molecule has 1 aromatic rings. The lowest BCUT2D eigenvalue weighted by atomic mass is 10.0. The Morgan fingerprint density at radius 2 is 2.37 bits per heavy atom. The first-order valence-corrected chi connectivity index (χ1v) is 7.41. The van der Waals surface area contributed by atoms with E-state index >= 15 is 0 Å². The summed E-state index contributed by atoms with van der Waals surface area (Å²) in [6, 6.07) is 5.85. The molecule has 0 aliphatic carbocycles. The van der Waals surface area contributed by atoms with Crippen molar-refractivity contribution in [2.45, 2.75) is 25.7 Å². The van der Waals surface area contributed by atoms with Gasteiger partial charge in [0.1, 0.15) is 0 Å². The van der Waals surface area contributed by atoms with E-state index in [1.807, 2.05) is 23.1 Å². The molecule has 0 aromatic heterocycles. The van der Waals surface area contributed by atoms with Crippen LogP contribution in [0.3, 0.4) is 0 Å². The first-order chi connectivity index (χ1) is 9.24. The molecule has 3 rings (SSSR count). The Bertz CT molecular complexity index is 483. The van der Waals surface area contributed by atoms with E-state index in [4.69, 9.17) is 11.6 Å². The highest BCUT2D eigenvalue weighted by Crippen LogP contribution is 2.31. The van der Waals surface area contributed by atoms with Crippen LogP contribution in [0.1, 0.15) is 24.8 Å². The molecule has 1 unspecified atom stereocenters. The van der Waals surface area contributed by atoms with E-state index in [0.29, 0.717) is 17.4 Å². The second-order valence-corrected chi connectivity index (χ2v) is 5.90. The lowest BCUT2D eigenvalue weighted by molar-refractivity contribution is -0.118. The molecule has 2 aliphatic heterocycles. The highest BCUT2D eigenvalue weighted by atomic mass is 35.5. The average molecular weight is 279 g/mol. The number of rotatable bonds is 3. The molecule has 1 amide bonds. The molecule has 1 saturated heterocycles. The van der Waals surface area contributed by atoms with Crippen LogP contribution in [0.25, 0.3) is 0 Å². The van der Waals surface area contributed by atoms with Gasteiger partial charge in [-0.3, -0.25) is 4.79 Å². The zero-order valence-corrected chi connectivity index (χ0v) is 11.7. The molecule has 1 aromatic carbocycles. The molecule has 1 N–H and O–H groups in total. The van der Waals surface area contributed by atoms with E-state index in [2.05, 4.69) is 5.32 Å². The molecule has 1 atom stereocenters. The summed E-state index contributed by atoms with van der Waals surface area (Å²) in [7, 11) is 0. The third kappa shape index (κ3) is 2.77. The minimum absolute atomic E-state index is 0.243. The Morgan fingerprint density at radius 3 is 3.16 bits per heavy atom. The summed E-state index contributed by atoms with van der Waals surface area (Å²) < 4.78 is 0. The largest absolute Gasteiger partial charge is 0.316 e. The zero-order chi connectivity index (χ0) is 13.2. The first-order valence-electron chi connectivity index (χ1n) is 7.03. The summed E-state index contributed by atoms with van der Waals surface area (Å²) in [5, 5.41) is 4.05. The van der Waals surface area contributed by atoms with Crippen LogP contribution in [0.5, 0.6) is 0 Å². The van der Waals surface area contributed by atoms with Crippen LogP contribution in [-0.4, -0.2) is 25.5 Å². The normalized spacial score (nSPS) is 21.7. The van der Waals surface area contributed by atoms with E-state index in [1.165, 1.54) is 12.0 Å². The molecule has 1 fully saturated rings. The van der Waals surface area contributed by atoms with Crippen molar-refractivity contribution >= 4 is 23.2 Å². The smallest absolute Gasteiger partial charge is 0.227 e. The van der Waals surface area contributed by atoms with Gasteiger partial charge in [-0.15, -0.1) is 0 Å². The third-order valence-corrected chi connectivity index (χ3v) is 4.41. The standard InChI is InChI=1S/C15H19ClN2O/c16-13-3-2-12-6-8-18(14(12)9-13)15(19)4-1-11-5-7-17-10-11/h2-3,9,11,17H,1,4-8,10H2. The van der Waals surface area contributed by atoms with Gasteiger partial charge in [0.05, 0.1) is 0 Å². The molecule has 0 spiro atoms. The monoisotopic (exact) mass is 278 g/mol. The average Bonchev–Trinajstić information content (AvgIpc) is 3.04. The molecule has 2 aliphatic rings. The van der Waals surface area contributed by atoms with Crippen molar-refractivity contribution in [2.24, 2.45) is 5.92 Å². The number of carbonyl (C=O) groups excluding carboxylic acids is 1. The number of carbonyl (C=O) groups is 1. The van der Waals surface area contributed by atoms with Crippen LogP contribution in [0.2, 0.25) is 5.02 Å². The second kappa shape index (κ2) is 5.51. The zero-order valence-electron chi connectivity index (χ0n) is 11.0. The summed E-state index contributed by atoms with van der Waals surface area (Å²) >= 11 is 6.03. The van der Waals surface area contributed by atoms with E-state index in [1.54, 1.807) is 0 Å². The summed E-state index contributed by atoms with van der Waals surface area (Å²) in [5.74, 6) is 0.915. The van der Waals surface area contributed by atoms with Crippen LogP contribution < -0.4 is 10.2 Å². The fraction of sp³-hybridized carbons (Fsp3) is 0.533. The predicted molar refractivity (Wildman–Crippen MR) is 77.7 cm³/mol. The maximum atomic E-state index is 12.3. The van der Waals surface area contributed by atoms with E-state index < -0.39 is 0 Å². The quantitative estimate of drug-likeness (QED) is 0.922. The highest BCUT2D eigenvalue weighted by Gasteiger charge is 2.25. The van der Waals surface area contributed by atoms with Gasteiger partial charge in [0, 0.05) is 23.7 Å². The molecule has 0 radical (unpaired) electrons. The van der Waals surface area contributed by atoms with Gasteiger partial charge >= 0.3 is 0 Å². The Hall–Kier alpha value is -1.06. The Labute approximate surface area is 118 Å². The van der Waals surface area contributed by atoms with Gasteiger partial charge < -0.3 is 10.2 Å². The Kier molecular flexibility index (Phi) is 3.76. The molecule has 0 bridgehead atoms. The lowest BCUT2D eigenvalue weighted by Gasteiger charge is -2.18. The fourth-order valence-corrected chi connectivity index (χ4v) is 3.20. The SMILES string of the molecule is O=C(CCC1CCNC1)N1CCc2ccc(Cl)cc21. The van der Waals surface area contributed by atoms with E-state index in [-0.39, 0.29) is 5.91 Å². The first kappa shape index (κ1) is 12.9. The van der Waals surface area contributed by atoms with Crippen molar-refractivity contribution in [3.8, 4) is 0 Å². The second-order valence-electron chi connectivity index (χ2n) is 5.47. The number of benzene rings is 1. The van der Waals surface area contributed by atoms with Gasteiger partial charge in [0.25, 0.3) is 0 Å². The van der Waals surface area contributed by atoms with Crippen LogP contribution >= 0.6 is 11.6 Å². The van der Waals surface area contributed by atoms with Crippen LogP contribution in [-0.2, 0) is 11.2 Å². The van der Waals surface area contributed by atoms with E-state index in [0.717, 1.165) is 38.2 Å². The number of anilines is 1. The van der Waals surface area contributed by atoms with Crippen molar-refractivity contribution in [1.82, 2.24) is 5.32 Å². The molecule has 102 valence electrons. The minimum atomic E-state index is 0.243. The number of amides is 1. The molecular formula is C15H19ClN2O.